The average molecular weight is 240 g/mol. The standard InChI is InChI=1S/C12H16O5/c1-7-9(13)10(14)11(15)12(16-7)17-8-5-3-2-4-6-8/h2-7,9-15H,1H3/t7-,9-,10+,11+,12+/m0/s1. The van der Waals surface area contributed by atoms with Gasteiger partial charge in [-0.2, -0.15) is 0 Å². The molecule has 17 heavy (non-hydrogen) atoms. The van der Waals surface area contributed by atoms with E-state index in [9.17, 15) is 15.3 Å². The van der Waals surface area contributed by atoms with Crippen molar-refractivity contribution in [2.45, 2.75) is 37.6 Å². The quantitative estimate of drug-likeness (QED) is 0.672. The van der Waals surface area contributed by atoms with Crippen molar-refractivity contribution >= 4 is 0 Å². The maximum Gasteiger partial charge on any atom is 0.229 e. The minimum Gasteiger partial charge on any atom is -0.462 e. The maximum atomic E-state index is 9.73. The number of benzene rings is 1. The molecule has 1 heterocycles. The number of aliphatic hydroxyl groups excluding tert-OH is 3. The van der Waals surface area contributed by atoms with Crippen molar-refractivity contribution in [1.29, 1.82) is 0 Å². The Morgan fingerprint density at radius 1 is 1.00 bits per heavy atom. The number of hydrogen-bond acceptors (Lipinski definition) is 5. The molecule has 1 aliphatic rings. The SMILES string of the molecule is C[C@@H]1O[C@H](Oc2ccccc2)[C@H](O)[C@H](O)[C@H]1O. The van der Waals surface area contributed by atoms with Crippen LogP contribution >= 0.6 is 0 Å². The lowest BCUT2D eigenvalue weighted by atomic mass is 10.00. The molecular weight excluding hydrogens is 224 g/mol. The molecule has 0 unspecified atom stereocenters. The topological polar surface area (TPSA) is 79.2 Å². The Morgan fingerprint density at radius 3 is 2.29 bits per heavy atom. The van der Waals surface area contributed by atoms with Crippen LogP contribution < -0.4 is 4.74 Å². The molecule has 5 atom stereocenters. The maximum absolute atomic E-state index is 9.73. The van der Waals surface area contributed by atoms with Crippen molar-refractivity contribution in [2.24, 2.45) is 0 Å². The van der Waals surface area contributed by atoms with Gasteiger partial charge >= 0.3 is 0 Å². The Kier molecular flexibility index (Phi) is 3.63. The Bertz CT molecular complexity index is 355. The Balaban J connectivity index is 2.06. The predicted molar refractivity (Wildman–Crippen MR) is 59.4 cm³/mol. The van der Waals surface area contributed by atoms with E-state index in [1.807, 2.05) is 6.07 Å². The number of hydrogen-bond donors (Lipinski definition) is 3. The molecule has 0 saturated carbocycles. The van der Waals surface area contributed by atoms with Gasteiger partial charge in [0.1, 0.15) is 24.1 Å². The first kappa shape index (κ1) is 12.3. The van der Waals surface area contributed by atoms with E-state index >= 15 is 0 Å². The number of ether oxygens (including phenoxy) is 2. The molecule has 5 heteroatoms. The third-order valence-corrected chi connectivity index (χ3v) is 2.80. The van der Waals surface area contributed by atoms with Crippen molar-refractivity contribution in [3.8, 4) is 5.75 Å². The second-order valence-electron chi connectivity index (χ2n) is 4.11. The summed E-state index contributed by atoms with van der Waals surface area (Å²) in [6.45, 7) is 1.61. The largest absolute Gasteiger partial charge is 0.462 e. The summed E-state index contributed by atoms with van der Waals surface area (Å²) in [6.07, 6.45) is -5.23. The molecule has 3 N–H and O–H groups in total. The zero-order chi connectivity index (χ0) is 12.4. The molecule has 0 bridgehead atoms. The van der Waals surface area contributed by atoms with E-state index in [0.717, 1.165) is 0 Å². The fourth-order valence-electron chi connectivity index (χ4n) is 1.74. The zero-order valence-electron chi connectivity index (χ0n) is 9.43. The van der Waals surface area contributed by atoms with Gasteiger partial charge in [0.25, 0.3) is 0 Å². The van der Waals surface area contributed by atoms with E-state index in [4.69, 9.17) is 9.47 Å². The van der Waals surface area contributed by atoms with Crippen LogP contribution in [0.25, 0.3) is 0 Å². The first-order valence-electron chi connectivity index (χ1n) is 5.51. The summed E-state index contributed by atoms with van der Waals surface area (Å²) < 4.78 is 10.7. The molecular formula is C12H16O5. The highest BCUT2D eigenvalue weighted by molar-refractivity contribution is 5.21. The van der Waals surface area contributed by atoms with Crippen molar-refractivity contribution in [3.63, 3.8) is 0 Å². The van der Waals surface area contributed by atoms with Gasteiger partial charge < -0.3 is 24.8 Å². The molecule has 1 saturated heterocycles. The Labute approximate surface area is 99.2 Å². The summed E-state index contributed by atoms with van der Waals surface area (Å²) in [6, 6.07) is 8.86. The Hall–Kier alpha value is -1.14. The van der Waals surface area contributed by atoms with Crippen LogP contribution in [0.2, 0.25) is 0 Å². The number of para-hydroxylation sites is 1. The smallest absolute Gasteiger partial charge is 0.229 e. The summed E-state index contributed by atoms with van der Waals surface area (Å²) in [5, 5.41) is 28.8. The van der Waals surface area contributed by atoms with Gasteiger partial charge in [-0.15, -0.1) is 0 Å². The van der Waals surface area contributed by atoms with E-state index in [-0.39, 0.29) is 0 Å². The lowest BCUT2D eigenvalue weighted by Gasteiger charge is -2.38. The summed E-state index contributed by atoms with van der Waals surface area (Å²) in [4.78, 5) is 0. The van der Waals surface area contributed by atoms with Gasteiger partial charge in [0.15, 0.2) is 0 Å². The molecule has 2 rings (SSSR count). The van der Waals surface area contributed by atoms with Gasteiger partial charge in [0.2, 0.25) is 6.29 Å². The van der Waals surface area contributed by atoms with Crippen molar-refractivity contribution in [1.82, 2.24) is 0 Å². The van der Waals surface area contributed by atoms with E-state index in [1.54, 1.807) is 31.2 Å². The first-order valence-corrected chi connectivity index (χ1v) is 5.51. The van der Waals surface area contributed by atoms with Crippen LogP contribution in [-0.2, 0) is 4.74 Å². The molecule has 5 nitrogen and oxygen atoms in total. The van der Waals surface area contributed by atoms with Gasteiger partial charge in [-0.05, 0) is 19.1 Å². The highest BCUT2D eigenvalue weighted by Gasteiger charge is 2.43. The molecule has 1 fully saturated rings. The molecule has 1 aliphatic heterocycles. The van der Waals surface area contributed by atoms with Crippen LogP contribution in [0.4, 0.5) is 0 Å². The lowest BCUT2D eigenvalue weighted by molar-refractivity contribution is -0.268. The minimum atomic E-state index is -1.28. The van der Waals surface area contributed by atoms with E-state index in [1.165, 1.54) is 0 Å². The monoisotopic (exact) mass is 240 g/mol. The fraction of sp³-hybridized carbons (Fsp3) is 0.500. The normalized spacial score (nSPS) is 37.8. The van der Waals surface area contributed by atoms with Crippen LogP contribution in [0.5, 0.6) is 5.75 Å². The summed E-state index contributed by atoms with van der Waals surface area (Å²) >= 11 is 0. The molecule has 1 aromatic carbocycles. The fourth-order valence-corrected chi connectivity index (χ4v) is 1.74. The molecule has 0 aliphatic carbocycles. The molecule has 1 aromatic rings. The second kappa shape index (κ2) is 5.01. The lowest BCUT2D eigenvalue weighted by Crippen LogP contribution is -2.58. The third-order valence-electron chi connectivity index (χ3n) is 2.80. The van der Waals surface area contributed by atoms with Crippen LogP contribution in [0.15, 0.2) is 30.3 Å². The van der Waals surface area contributed by atoms with Gasteiger partial charge in [-0.1, -0.05) is 18.2 Å². The second-order valence-corrected chi connectivity index (χ2v) is 4.11. The predicted octanol–water partition coefficient (Wildman–Crippen LogP) is -0.107. The van der Waals surface area contributed by atoms with Gasteiger partial charge in [0, 0.05) is 0 Å². The molecule has 0 spiro atoms. The molecule has 0 radical (unpaired) electrons. The highest BCUT2D eigenvalue weighted by atomic mass is 16.7. The highest BCUT2D eigenvalue weighted by Crippen LogP contribution is 2.23. The Morgan fingerprint density at radius 2 is 1.65 bits per heavy atom. The van der Waals surface area contributed by atoms with Crippen LogP contribution in [0.3, 0.4) is 0 Å². The van der Waals surface area contributed by atoms with Gasteiger partial charge in [0.05, 0.1) is 6.10 Å². The van der Waals surface area contributed by atoms with Crippen molar-refractivity contribution in [2.75, 3.05) is 0 Å². The van der Waals surface area contributed by atoms with Crippen LogP contribution in [0.1, 0.15) is 6.92 Å². The first-order chi connectivity index (χ1) is 8.09. The average Bonchev–Trinajstić information content (AvgIpc) is 2.35. The summed E-state index contributed by atoms with van der Waals surface area (Å²) in [7, 11) is 0. The molecule has 0 amide bonds. The summed E-state index contributed by atoms with van der Waals surface area (Å²) in [5.74, 6) is 0.535. The van der Waals surface area contributed by atoms with Crippen molar-refractivity contribution in [3.05, 3.63) is 30.3 Å². The number of rotatable bonds is 2. The van der Waals surface area contributed by atoms with E-state index in [0.29, 0.717) is 5.75 Å². The summed E-state index contributed by atoms with van der Waals surface area (Å²) in [5.41, 5.74) is 0. The van der Waals surface area contributed by atoms with Gasteiger partial charge in [-0.3, -0.25) is 0 Å². The minimum absolute atomic E-state index is 0.535. The van der Waals surface area contributed by atoms with E-state index in [2.05, 4.69) is 0 Å². The molecule has 94 valence electrons. The molecule has 0 aromatic heterocycles. The number of aliphatic hydroxyl groups is 3. The zero-order valence-corrected chi connectivity index (χ0v) is 9.43. The van der Waals surface area contributed by atoms with Crippen LogP contribution in [0, 0.1) is 0 Å². The van der Waals surface area contributed by atoms with E-state index < -0.39 is 30.7 Å². The third kappa shape index (κ3) is 2.58. The van der Waals surface area contributed by atoms with Gasteiger partial charge in [-0.25, -0.2) is 0 Å². The van der Waals surface area contributed by atoms with Crippen LogP contribution in [-0.4, -0.2) is 46.0 Å². The van der Waals surface area contributed by atoms with Crippen molar-refractivity contribution < 1.29 is 24.8 Å².